The summed E-state index contributed by atoms with van der Waals surface area (Å²) >= 11 is 0. The normalized spacial score (nSPS) is 9.52. The van der Waals surface area contributed by atoms with Gasteiger partial charge in [0.1, 0.15) is 5.75 Å². The number of benzene rings is 2. The number of amides is 1. The number of nitriles is 1. The Labute approximate surface area is 121 Å². The lowest BCUT2D eigenvalue weighted by Gasteiger charge is -2.09. The zero-order valence-electron chi connectivity index (χ0n) is 11.3. The molecule has 2 aromatic rings. The van der Waals surface area contributed by atoms with Gasteiger partial charge in [-0.2, -0.15) is 5.26 Å². The average Bonchev–Trinajstić information content (AvgIpc) is 2.48. The van der Waals surface area contributed by atoms with Crippen LogP contribution in [0.25, 0.3) is 0 Å². The van der Waals surface area contributed by atoms with Crippen molar-refractivity contribution < 1.29 is 14.3 Å². The zero-order chi connectivity index (χ0) is 15.2. The molecule has 1 amide bonds. The number of carbonyl (C=O) groups is 2. The lowest BCUT2D eigenvalue weighted by Crippen LogP contribution is -2.14. The molecule has 0 spiro atoms. The van der Waals surface area contributed by atoms with Crippen LogP contribution in [0.4, 0.5) is 5.69 Å². The van der Waals surface area contributed by atoms with E-state index in [1.807, 2.05) is 6.07 Å². The summed E-state index contributed by atoms with van der Waals surface area (Å²) in [5, 5.41) is 11.4. The highest BCUT2D eigenvalue weighted by atomic mass is 16.5. The largest absolute Gasteiger partial charge is 0.426 e. The molecular weight excluding hydrogens is 268 g/mol. The molecule has 0 heterocycles. The first kappa shape index (κ1) is 14.3. The van der Waals surface area contributed by atoms with Gasteiger partial charge in [0.25, 0.3) is 5.91 Å². The molecule has 0 saturated carbocycles. The smallest absolute Gasteiger partial charge is 0.308 e. The molecule has 0 aromatic heterocycles. The van der Waals surface area contributed by atoms with E-state index in [0.29, 0.717) is 11.3 Å². The Morgan fingerprint density at radius 3 is 2.38 bits per heavy atom. The third kappa shape index (κ3) is 3.67. The summed E-state index contributed by atoms with van der Waals surface area (Å²) in [5.41, 5.74) is 1.32. The van der Waals surface area contributed by atoms with Crippen molar-refractivity contribution in [1.29, 1.82) is 5.26 Å². The van der Waals surface area contributed by atoms with E-state index in [0.717, 1.165) is 0 Å². The summed E-state index contributed by atoms with van der Waals surface area (Å²) < 4.78 is 5.00. The monoisotopic (exact) mass is 280 g/mol. The number of hydrogen-bond donors (Lipinski definition) is 1. The van der Waals surface area contributed by atoms with Crippen LogP contribution in [-0.4, -0.2) is 11.9 Å². The molecule has 21 heavy (non-hydrogen) atoms. The van der Waals surface area contributed by atoms with Gasteiger partial charge < -0.3 is 10.1 Å². The lowest BCUT2D eigenvalue weighted by atomic mass is 10.1. The number of ether oxygens (including phenoxy) is 1. The molecule has 0 aliphatic carbocycles. The van der Waals surface area contributed by atoms with Crippen molar-refractivity contribution in [2.24, 2.45) is 0 Å². The van der Waals surface area contributed by atoms with Crippen LogP contribution in [0, 0.1) is 11.3 Å². The summed E-state index contributed by atoms with van der Waals surface area (Å²) in [5.74, 6) is -0.679. The van der Waals surface area contributed by atoms with Crippen LogP contribution in [0.15, 0.2) is 48.5 Å². The molecule has 0 fully saturated rings. The van der Waals surface area contributed by atoms with Gasteiger partial charge in [0.2, 0.25) is 0 Å². The van der Waals surface area contributed by atoms with Gasteiger partial charge in [-0.15, -0.1) is 0 Å². The molecule has 0 unspecified atom stereocenters. The Bertz CT molecular complexity index is 715. The van der Waals surface area contributed by atoms with Gasteiger partial charge in [0.05, 0.1) is 17.2 Å². The van der Waals surface area contributed by atoms with E-state index >= 15 is 0 Å². The van der Waals surface area contributed by atoms with Crippen molar-refractivity contribution in [3.8, 4) is 11.8 Å². The number of anilines is 1. The second-order valence-electron chi connectivity index (χ2n) is 4.23. The quantitative estimate of drug-likeness (QED) is 0.692. The van der Waals surface area contributed by atoms with Crippen LogP contribution in [0.1, 0.15) is 22.8 Å². The Balaban J connectivity index is 2.20. The predicted octanol–water partition coefficient (Wildman–Crippen LogP) is 2.74. The molecule has 5 nitrogen and oxygen atoms in total. The Morgan fingerprint density at radius 2 is 1.76 bits per heavy atom. The lowest BCUT2D eigenvalue weighted by molar-refractivity contribution is -0.131. The maximum Gasteiger partial charge on any atom is 0.308 e. The van der Waals surface area contributed by atoms with Gasteiger partial charge in [0, 0.05) is 12.6 Å². The van der Waals surface area contributed by atoms with Crippen molar-refractivity contribution in [2.45, 2.75) is 6.92 Å². The molecule has 0 aliphatic heterocycles. The molecule has 2 aromatic carbocycles. The van der Waals surface area contributed by atoms with Gasteiger partial charge in [-0.25, -0.2) is 0 Å². The second kappa shape index (κ2) is 6.35. The van der Waals surface area contributed by atoms with Crippen molar-refractivity contribution in [3.63, 3.8) is 0 Å². The van der Waals surface area contributed by atoms with E-state index in [9.17, 15) is 9.59 Å². The number of esters is 1. The fraction of sp³-hybridized carbons (Fsp3) is 0.0625. The summed E-state index contributed by atoms with van der Waals surface area (Å²) in [6, 6.07) is 14.9. The topological polar surface area (TPSA) is 79.2 Å². The third-order valence-electron chi connectivity index (χ3n) is 2.66. The van der Waals surface area contributed by atoms with Crippen LogP contribution in [0.2, 0.25) is 0 Å². The molecule has 0 aliphatic rings. The highest BCUT2D eigenvalue weighted by Crippen LogP contribution is 2.20. The number of hydrogen-bond acceptors (Lipinski definition) is 4. The highest BCUT2D eigenvalue weighted by molar-refractivity contribution is 6.06. The first-order chi connectivity index (χ1) is 10.1. The van der Waals surface area contributed by atoms with Crippen molar-refractivity contribution in [1.82, 2.24) is 0 Å². The summed E-state index contributed by atoms with van der Waals surface area (Å²) in [6.45, 7) is 1.27. The fourth-order valence-electron chi connectivity index (χ4n) is 1.72. The zero-order valence-corrected chi connectivity index (χ0v) is 11.3. The molecular formula is C16H12N2O3. The van der Waals surface area contributed by atoms with E-state index in [-0.39, 0.29) is 11.3 Å². The van der Waals surface area contributed by atoms with Crippen molar-refractivity contribution in [2.75, 3.05) is 5.32 Å². The van der Waals surface area contributed by atoms with Gasteiger partial charge in [-0.05, 0) is 36.4 Å². The van der Waals surface area contributed by atoms with E-state index < -0.39 is 11.9 Å². The Hall–Kier alpha value is -3.13. The van der Waals surface area contributed by atoms with Gasteiger partial charge in [0.15, 0.2) is 0 Å². The molecule has 2 rings (SSSR count). The highest BCUT2D eigenvalue weighted by Gasteiger charge is 2.13. The van der Waals surface area contributed by atoms with E-state index in [1.165, 1.54) is 6.92 Å². The number of para-hydroxylation sites is 1. The molecule has 104 valence electrons. The number of carbonyl (C=O) groups excluding carboxylic acids is 2. The summed E-state index contributed by atoms with van der Waals surface area (Å²) in [4.78, 5) is 23.2. The van der Waals surface area contributed by atoms with Gasteiger partial charge in [-0.1, -0.05) is 12.1 Å². The van der Waals surface area contributed by atoms with Crippen LogP contribution in [-0.2, 0) is 4.79 Å². The van der Waals surface area contributed by atoms with Crippen LogP contribution in [0.5, 0.6) is 5.75 Å². The Kier molecular flexibility index (Phi) is 4.32. The van der Waals surface area contributed by atoms with Gasteiger partial charge in [-0.3, -0.25) is 9.59 Å². The number of nitrogens with one attached hydrogen (secondary N) is 1. The van der Waals surface area contributed by atoms with Crippen molar-refractivity contribution in [3.05, 3.63) is 59.7 Å². The molecule has 0 bridgehead atoms. The minimum absolute atomic E-state index is 0.205. The maximum absolute atomic E-state index is 12.2. The number of rotatable bonds is 3. The van der Waals surface area contributed by atoms with Gasteiger partial charge >= 0.3 is 5.97 Å². The minimum Gasteiger partial charge on any atom is -0.426 e. The SMILES string of the molecule is CC(=O)Oc1ccccc1C(=O)Nc1ccc(C#N)cc1. The molecule has 1 N–H and O–H groups in total. The first-order valence-corrected chi connectivity index (χ1v) is 6.19. The standard InChI is InChI=1S/C16H12N2O3/c1-11(19)21-15-5-3-2-4-14(15)16(20)18-13-8-6-12(10-17)7-9-13/h2-9H,1H3,(H,18,20). The van der Waals surface area contributed by atoms with E-state index in [1.54, 1.807) is 48.5 Å². The predicted molar refractivity (Wildman–Crippen MR) is 76.9 cm³/mol. The molecule has 0 radical (unpaired) electrons. The minimum atomic E-state index is -0.492. The first-order valence-electron chi connectivity index (χ1n) is 6.19. The Morgan fingerprint density at radius 1 is 1.10 bits per heavy atom. The van der Waals surface area contributed by atoms with Crippen LogP contribution < -0.4 is 10.1 Å². The fourth-order valence-corrected chi connectivity index (χ4v) is 1.72. The van der Waals surface area contributed by atoms with Crippen molar-refractivity contribution >= 4 is 17.6 Å². The maximum atomic E-state index is 12.2. The second-order valence-corrected chi connectivity index (χ2v) is 4.23. The average molecular weight is 280 g/mol. The van der Waals surface area contributed by atoms with Crippen LogP contribution in [0.3, 0.4) is 0 Å². The molecule has 0 atom stereocenters. The van der Waals surface area contributed by atoms with E-state index in [4.69, 9.17) is 10.00 Å². The van der Waals surface area contributed by atoms with Crippen LogP contribution >= 0.6 is 0 Å². The number of nitrogens with zero attached hydrogens (tertiary/aromatic N) is 1. The summed E-state index contributed by atoms with van der Waals surface area (Å²) in [6.07, 6.45) is 0. The molecule has 5 heteroatoms. The summed E-state index contributed by atoms with van der Waals surface area (Å²) in [7, 11) is 0. The molecule has 0 saturated heterocycles. The third-order valence-corrected chi connectivity index (χ3v) is 2.66. The van der Waals surface area contributed by atoms with E-state index in [2.05, 4.69) is 5.32 Å².